The van der Waals surface area contributed by atoms with Crippen LogP contribution in [0.3, 0.4) is 0 Å². The van der Waals surface area contributed by atoms with E-state index in [1.54, 1.807) is 6.08 Å². The van der Waals surface area contributed by atoms with Gasteiger partial charge in [-0.05, 0) is 12.3 Å². The van der Waals surface area contributed by atoms with Crippen LogP contribution in [0.5, 0.6) is 0 Å². The highest BCUT2D eigenvalue weighted by Crippen LogP contribution is 2.16. The van der Waals surface area contributed by atoms with E-state index in [2.05, 4.69) is 6.58 Å². The molecule has 0 heterocycles. The van der Waals surface area contributed by atoms with Gasteiger partial charge in [-0.25, -0.2) is 0 Å². The molecule has 11 heavy (non-hydrogen) atoms. The highest BCUT2D eigenvalue weighted by molar-refractivity contribution is 4.78. The standard InChI is InChI=1S/C9H18O2/c1-4-5-9(11)8(6-10)7(2)3/h4,7-11H,1,5-6H2,2-3H3. The van der Waals surface area contributed by atoms with E-state index in [1.165, 1.54) is 0 Å². The number of aliphatic hydroxyl groups is 2. The molecule has 2 N–H and O–H groups in total. The molecule has 2 unspecified atom stereocenters. The van der Waals surface area contributed by atoms with E-state index >= 15 is 0 Å². The van der Waals surface area contributed by atoms with Crippen molar-refractivity contribution >= 4 is 0 Å². The number of aliphatic hydroxyl groups excluding tert-OH is 2. The lowest BCUT2D eigenvalue weighted by molar-refractivity contribution is 0.0438. The fourth-order valence-electron chi connectivity index (χ4n) is 1.12. The van der Waals surface area contributed by atoms with Gasteiger partial charge in [0.15, 0.2) is 0 Å². The Balaban J connectivity index is 3.90. The van der Waals surface area contributed by atoms with Crippen LogP contribution in [0, 0.1) is 11.8 Å². The molecular formula is C9H18O2. The quantitative estimate of drug-likeness (QED) is 0.590. The highest BCUT2D eigenvalue weighted by atomic mass is 16.3. The van der Waals surface area contributed by atoms with Gasteiger partial charge >= 0.3 is 0 Å². The molecule has 2 atom stereocenters. The second-order valence-electron chi connectivity index (χ2n) is 3.18. The predicted molar refractivity (Wildman–Crippen MR) is 46.2 cm³/mol. The van der Waals surface area contributed by atoms with Crippen LogP contribution in [0.1, 0.15) is 20.3 Å². The Labute approximate surface area is 68.6 Å². The average molecular weight is 158 g/mol. The number of rotatable bonds is 5. The van der Waals surface area contributed by atoms with E-state index < -0.39 is 6.10 Å². The van der Waals surface area contributed by atoms with Crippen LogP contribution in [-0.4, -0.2) is 22.9 Å². The van der Waals surface area contributed by atoms with Crippen LogP contribution < -0.4 is 0 Å². The SMILES string of the molecule is C=CCC(O)C(CO)C(C)C. The van der Waals surface area contributed by atoms with Crippen LogP contribution in [0.15, 0.2) is 12.7 Å². The molecule has 0 aliphatic heterocycles. The summed E-state index contributed by atoms with van der Waals surface area (Å²) in [5, 5.41) is 18.3. The summed E-state index contributed by atoms with van der Waals surface area (Å²) in [6.45, 7) is 7.57. The van der Waals surface area contributed by atoms with Gasteiger partial charge in [-0.1, -0.05) is 19.9 Å². The van der Waals surface area contributed by atoms with Crippen LogP contribution in [0.4, 0.5) is 0 Å². The third-order valence-electron chi connectivity index (χ3n) is 1.97. The van der Waals surface area contributed by atoms with Crippen molar-refractivity contribution in [1.82, 2.24) is 0 Å². The highest BCUT2D eigenvalue weighted by Gasteiger charge is 2.20. The van der Waals surface area contributed by atoms with E-state index in [4.69, 9.17) is 5.11 Å². The lowest BCUT2D eigenvalue weighted by Crippen LogP contribution is -2.27. The Hall–Kier alpha value is -0.340. The maximum absolute atomic E-state index is 9.45. The maximum atomic E-state index is 9.45. The molecule has 2 nitrogen and oxygen atoms in total. The topological polar surface area (TPSA) is 40.5 Å². The second-order valence-corrected chi connectivity index (χ2v) is 3.18. The molecule has 0 aliphatic carbocycles. The van der Waals surface area contributed by atoms with Crippen molar-refractivity contribution in [2.75, 3.05) is 6.61 Å². The molecule has 2 heteroatoms. The largest absolute Gasteiger partial charge is 0.396 e. The normalized spacial score (nSPS) is 16.5. The molecule has 0 radical (unpaired) electrons. The molecule has 0 spiro atoms. The number of hydrogen-bond acceptors (Lipinski definition) is 2. The average Bonchev–Trinajstić information content (AvgIpc) is 1.88. The fourth-order valence-corrected chi connectivity index (χ4v) is 1.12. The Morgan fingerprint density at radius 2 is 2.00 bits per heavy atom. The van der Waals surface area contributed by atoms with Gasteiger partial charge in [-0.2, -0.15) is 0 Å². The summed E-state index contributed by atoms with van der Waals surface area (Å²) in [6.07, 6.45) is 1.79. The van der Waals surface area contributed by atoms with Gasteiger partial charge in [-0.15, -0.1) is 6.58 Å². The minimum Gasteiger partial charge on any atom is -0.396 e. The summed E-state index contributed by atoms with van der Waals surface area (Å²) in [5.74, 6) is 0.294. The zero-order valence-electron chi connectivity index (χ0n) is 7.33. The molecule has 0 aliphatic rings. The summed E-state index contributed by atoms with van der Waals surface area (Å²) in [7, 11) is 0. The zero-order chi connectivity index (χ0) is 8.85. The molecule has 0 aromatic carbocycles. The van der Waals surface area contributed by atoms with Gasteiger partial charge in [0.05, 0.1) is 6.10 Å². The predicted octanol–water partition coefficient (Wildman–Crippen LogP) is 1.19. The Bertz CT molecular complexity index is 110. The smallest absolute Gasteiger partial charge is 0.0627 e. The third-order valence-corrected chi connectivity index (χ3v) is 1.97. The lowest BCUT2D eigenvalue weighted by atomic mass is 9.89. The van der Waals surface area contributed by atoms with Gasteiger partial charge in [0.25, 0.3) is 0 Å². The molecule has 0 aromatic rings. The first-order valence-corrected chi connectivity index (χ1v) is 4.03. The summed E-state index contributed by atoms with van der Waals surface area (Å²) in [5.41, 5.74) is 0. The lowest BCUT2D eigenvalue weighted by Gasteiger charge is -2.23. The van der Waals surface area contributed by atoms with Crippen LogP contribution in [0.25, 0.3) is 0 Å². The van der Waals surface area contributed by atoms with E-state index in [0.717, 1.165) is 0 Å². The van der Waals surface area contributed by atoms with Crippen molar-refractivity contribution < 1.29 is 10.2 Å². The Kier molecular flexibility index (Phi) is 5.16. The molecule has 0 fully saturated rings. The van der Waals surface area contributed by atoms with E-state index in [-0.39, 0.29) is 12.5 Å². The summed E-state index contributed by atoms with van der Waals surface area (Å²) < 4.78 is 0. The molecule has 0 saturated heterocycles. The van der Waals surface area contributed by atoms with Crippen molar-refractivity contribution in [3.8, 4) is 0 Å². The monoisotopic (exact) mass is 158 g/mol. The zero-order valence-corrected chi connectivity index (χ0v) is 7.33. The summed E-state index contributed by atoms with van der Waals surface area (Å²) in [6, 6.07) is 0. The number of hydrogen-bond donors (Lipinski definition) is 2. The van der Waals surface area contributed by atoms with Crippen molar-refractivity contribution in [3.05, 3.63) is 12.7 Å². The first-order chi connectivity index (χ1) is 5.13. The van der Waals surface area contributed by atoms with Gasteiger partial charge < -0.3 is 10.2 Å². The van der Waals surface area contributed by atoms with Gasteiger partial charge in [0.1, 0.15) is 0 Å². The fraction of sp³-hybridized carbons (Fsp3) is 0.778. The molecule has 0 rings (SSSR count). The van der Waals surface area contributed by atoms with Gasteiger partial charge in [0, 0.05) is 12.5 Å². The minimum absolute atomic E-state index is 0.0204. The van der Waals surface area contributed by atoms with E-state index in [0.29, 0.717) is 12.3 Å². The summed E-state index contributed by atoms with van der Waals surface area (Å²) in [4.78, 5) is 0. The van der Waals surface area contributed by atoms with Crippen molar-refractivity contribution in [2.24, 2.45) is 11.8 Å². The van der Waals surface area contributed by atoms with Crippen molar-refractivity contribution in [1.29, 1.82) is 0 Å². The van der Waals surface area contributed by atoms with Crippen molar-refractivity contribution in [3.63, 3.8) is 0 Å². The van der Waals surface area contributed by atoms with E-state index in [9.17, 15) is 5.11 Å². The second kappa shape index (κ2) is 5.33. The maximum Gasteiger partial charge on any atom is 0.0627 e. The first kappa shape index (κ1) is 10.7. The van der Waals surface area contributed by atoms with E-state index in [1.807, 2.05) is 13.8 Å². The van der Waals surface area contributed by atoms with Crippen LogP contribution in [-0.2, 0) is 0 Å². The van der Waals surface area contributed by atoms with Crippen LogP contribution >= 0.6 is 0 Å². The van der Waals surface area contributed by atoms with Crippen LogP contribution in [0.2, 0.25) is 0 Å². The molecule has 0 amide bonds. The molecule has 0 aromatic heterocycles. The Morgan fingerprint density at radius 3 is 2.27 bits per heavy atom. The summed E-state index contributed by atoms with van der Waals surface area (Å²) >= 11 is 0. The molecule has 0 bridgehead atoms. The third kappa shape index (κ3) is 3.54. The molecule has 0 saturated carbocycles. The minimum atomic E-state index is -0.447. The molecular weight excluding hydrogens is 140 g/mol. The molecule has 66 valence electrons. The van der Waals surface area contributed by atoms with Crippen molar-refractivity contribution in [2.45, 2.75) is 26.4 Å². The van der Waals surface area contributed by atoms with Gasteiger partial charge in [-0.3, -0.25) is 0 Å². The first-order valence-electron chi connectivity index (χ1n) is 4.03. The Morgan fingerprint density at radius 1 is 1.45 bits per heavy atom. The van der Waals surface area contributed by atoms with Gasteiger partial charge in [0.2, 0.25) is 0 Å².